The zero-order chi connectivity index (χ0) is 14.8. The van der Waals surface area contributed by atoms with Gasteiger partial charge in [-0.05, 0) is 44.9 Å². The second-order valence-corrected chi connectivity index (χ2v) is 6.73. The summed E-state index contributed by atoms with van der Waals surface area (Å²) in [6.45, 7) is 9.70. The monoisotopic (exact) mass is 276 g/mol. The Kier molecular flexibility index (Phi) is 4.51. The smallest absolute Gasteiger partial charge is 0.224 e. The Morgan fingerprint density at radius 3 is 2.55 bits per heavy atom. The Labute approximate surface area is 123 Å². The van der Waals surface area contributed by atoms with Gasteiger partial charge in [0.1, 0.15) is 5.82 Å². The molecule has 1 saturated carbocycles. The number of nitrogens with one attached hydrogen (secondary N) is 1. The highest BCUT2D eigenvalue weighted by atomic mass is 15.2. The number of nitrogens with zero attached hydrogens (tertiary/aromatic N) is 3. The fourth-order valence-corrected chi connectivity index (χ4v) is 2.93. The molecular weight excluding hydrogens is 248 g/mol. The van der Waals surface area contributed by atoms with E-state index in [1.54, 1.807) is 0 Å². The Hall–Kier alpha value is -1.32. The van der Waals surface area contributed by atoms with E-state index in [1.165, 1.54) is 25.7 Å². The SMILES string of the molecule is CCNc1nc(C)cc(N(C)C2CCC(C)(C)CC2)n1. The first-order valence-corrected chi connectivity index (χ1v) is 7.74. The first-order valence-electron chi connectivity index (χ1n) is 7.74. The zero-order valence-corrected chi connectivity index (χ0v) is 13.5. The molecule has 0 radical (unpaired) electrons. The van der Waals surface area contributed by atoms with Gasteiger partial charge in [-0.2, -0.15) is 4.98 Å². The first-order chi connectivity index (χ1) is 9.41. The maximum Gasteiger partial charge on any atom is 0.224 e. The molecule has 4 heteroatoms. The van der Waals surface area contributed by atoms with Gasteiger partial charge in [0.05, 0.1) is 0 Å². The third kappa shape index (κ3) is 3.62. The number of hydrogen-bond acceptors (Lipinski definition) is 4. The Balaban J connectivity index is 2.11. The van der Waals surface area contributed by atoms with Gasteiger partial charge >= 0.3 is 0 Å². The minimum Gasteiger partial charge on any atom is -0.357 e. The van der Waals surface area contributed by atoms with Crippen molar-refractivity contribution in [1.29, 1.82) is 0 Å². The third-order valence-electron chi connectivity index (χ3n) is 4.39. The van der Waals surface area contributed by atoms with Crippen molar-refractivity contribution in [3.63, 3.8) is 0 Å². The van der Waals surface area contributed by atoms with Crippen LogP contribution in [0.1, 0.15) is 52.1 Å². The number of rotatable bonds is 4. The average Bonchev–Trinajstić information content (AvgIpc) is 2.37. The van der Waals surface area contributed by atoms with Crippen LogP contribution < -0.4 is 10.2 Å². The van der Waals surface area contributed by atoms with Crippen LogP contribution in [0.25, 0.3) is 0 Å². The van der Waals surface area contributed by atoms with Gasteiger partial charge in [0, 0.05) is 31.4 Å². The molecule has 0 aromatic carbocycles. The van der Waals surface area contributed by atoms with E-state index in [0.29, 0.717) is 11.5 Å². The van der Waals surface area contributed by atoms with Crippen molar-refractivity contribution in [2.45, 2.75) is 59.4 Å². The summed E-state index contributed by atoms with van der Waals surface area (Å²) in [5.74, 6) is 1.78. The van der Waals surface area contributed by atoms with E-state index in [2.05, 4.69) is 54.1 Å². The predicted molar refractivity (Wildman–Crippen MR) is 85.4 cm³/mol. The highest BCUT2D eigenvalue weighted by Crippen LogP contribution is 2.37. The van der Waals surface area contributed by atoms with Crippen LogP contribution in [0.15, 0.2) is 6.07 Å². The molecule has 0 unspecified atom stereocenters. The van der Waals surface area contributed by atoms with E-state index in [9.17, 15) is 0 Å². The van der Waals surface area contributed by atoms with Gasteiger partial charge in [-0.1, -0.05) is 13.8 Å². The summed E-state index contributed by atoms with van der Waals surface area (Å²) in [7, 11) is 2.17. The molecule has 0 aliphatic heterocycles. The van der Waals surface area contributed by atoms with Crippen molar-refractivity contribution in [1.82, 2.24) is 9.97 Å². The molecule has 1 aliphatic rings. The molecule has 4 nitrogen and oxygen atoms in total. The third-order valence-corrected chi connectivity index (χ3v) is 4.39. The van der Waals surface area contributed by atoms with E-state index >= 15 is 0 Å². The van der Waals surface area contributed by atoms with E-state index in [-0.39, 0.29) is 0 Å². The summed E-state index contributed by atoms with van der Waals surface area (Å²) in [5, 5.41) is 3.21. The van der Waals surface area contributed by atoms with Crippen LogP contribution in [-0.2, 0) is 0 Å². The van der Waals surface area contributed by atoms with Gasteiger partial charge in [0.2, 0.25) is 5.95 Å². The van der Waals surface area contributed by atoms with Crippen LogP contribution >= 0.6 is 0 Å². The van der Waals surface area contributed by atoms with Gasteiger partial charge in [0.15, 0.2) is 0 Å². The zero-order valence-electron chi connectivity index (χ0n) is 13.5. The molecule has 112 valence electrons. The number of anilines is 2. The summed E-state index contributed by atoms with van der Waals surface area (Å²) < 4.78 is 0. The summed E-state index contributed by atoms with van der Waals surface area (Å²) in [5.41, 5.74) is 1.53. The van der Waals surface area contributed by atoms with E-state index in [1.807, 2.05) is 6.92 Å². The summed E-state index contributed by atoms with van der Waals surface area (Å²) in [6.07, 6.45) is 5.10. The fraction of sp³-hybridized carbons (Fsp3) is 0.750. The summed E-state index contributed by atoms with van der Waals surface area (Å²) in [4.78, 5) is 11.4. The van der Waals surface area contributed by atoms with E-state index < -0.39 is 0 Å². The van der Waals surface area contributed by atoms with Crippen molar-refractivity contribution in [3.05, 3.63) is 11.8 Å². The number of aromatic nitrogens is 2. The van der Waals surface area contributed by atoms with Crippen LogP contribution in [0.3, 0.4) is 0 Å². The molecule has 0 spiro atoms. The fourth-order valence-electron chi connectivity index (χ4n) is 2.93. The molecule has 2 rings (SSSR count). The van der Waals surface area contributed by atoms with Gasteiger partial charge < -0.3 is 10.2 Å². The Morgan fingerprint density at radius 2 is 1.95 bits per heavy atom. The topological polar surface area (TPSA) is 41.1 Å². The first kappa shape index (κ1) is 15.1. The highest BCUT2D eigenvalue weighted by Gasteiger charge is 2.29. The maximum absolute atomic E-state index is 4.64. The van der Waals surface area contributed by atoms with E-state index in [4.69, 9.17) is 0 Å². The molecule has 1 heterocycles. The number of aryl methyl sites for hydroxylation is 1. The molecule has 0 bridgehead atoms. The second-order valence-electron chi connectivity index (χ2n) is 6.73. The Bertz CT molecular complexity index is 446. The Morgan fingerprint density at radius 1 is 1.30 bits per heavy atom. The standard InChI is InChI=1S/C16H28N4/c1-6-17-15-18-12(2)11-14(19-15)20(5)13-7-9-16(3,4)10-8-13/h11,13H,6-10H2,1-5H3,(H,17,18,19). The van der Waals surface area contributed by atoms with Gasteiger partial charge in [-0.3, -0.25) is 0 Å². The lowest BCUT2D eigenvalue weighted by Gasteiger charge is -2.39. The second kappa shape index (κ2) is 5.98. The molecule has 0 atom stereocenters. The molecule has 20 heavy (non-hydrogen) atoms. The van der Waals surface area contributed by atoms with Crippen LogP contribution in [0.4, 0.5) is 11.8 Å². The molecule has 1 N–H and O–H groups in total. The number of hydrogen-bond donors (Lipinski definition) is 1. The summed E-state index contributed by atoms with van der Waals surface area (Å²) in [6, 6.07) is 2.69. The van der Waals surface area contributed by atoms with Gasteiger partial charge in [-0.25, -0.2) is 4.98 Å². The minimum absolute atomic E-state index is 0.508. The molecular formula is C16H28N4. The van der Waals surface area contributed by atoms with Crippen LogP contribution in [0, 0.1) is 12.3 Å². The van der Waals surface area contributed by atoms with Crippen molar-refractivity contribution in [3.8, 4) is 0 Å². The van der Waals surface area contributed by atoms with Crippen molar-refractivity contribution in [2.75, 3.05) is 23.8 Å². The molecule has 1 aliphatic carbocycles. The van der Waals surface area contributed by atoms with Crippen molar-refractivity contribution in [2.24, 2.45) is 5.41 Å². The average molecular weight is 276 g/mol. The highest BCUT2D eigenvalue weighted by molar-refractivity contribution is 5.45. The molecule has 0 amide bonds. The summed E-state index contributed by atoms with van der Waals surface area (Å²) >= 11 is 0. The maximum atomic E-state index is 4.64. The normalized spacial score (nSPS) is 18.9. The van der Waals surface area contributed by atoms with Crippen LogP contribution in [-0.4, -0.2) is 29.6 Å². The largest absolute Gasteiger partial charge is 0.357 e. The lowest BCUT2D eigenvalue weighted by atomic mass is 9.75. The van der Waals surface area contributed by atoms with Crippen LogP contribution in [0.2, 0.25) is 0 Å². The molecule has 1 aromatic heterocycles. The quantitative estimate of drug-likeness (QED) is 0.912. The minimum atomic E-state index is 0.508. The molecule has 1 fully saturated rings. The lowest BCUT2D eigenvalue weighted by Crippen LogP contribution is -2.37. The van der Waals surface area contributed by atoms with Crippen molar-refractivity contribution >= 4 is 11.8 Å². The van der Waals surface area contributed by atoms with Gasteiger partial charge in [-0.15, -0.1) is 0 Å². The molecule has 1 aromatic rings. The molecule has 0 saturated heterocycles. The lowest BCUT2D eigenvalue weighted by molar-refractivity contribution is 0.222. The van der Waals surface area contributed by atoms with Crippen molar-refractivity contribution < 1.29 is 0 Å². The van der Waals surface area contributed by atoms with Crippen LogP contribution in [0.5, 0.6) is 0 Å². The van der Waals surface area contributed by atoms with E-state index in [0.717, 1.165) is 24.0 Å². The van der Waals surface area contributed by atoms with Gasteiger partial charge in [0.25, 0.3) is 0 Å². The predicted octanol–water partition coefficient (Wildman–Crippen LogP) is 3.62.